The average Bonchev–Trinajstić information content (AvgIpc) is 3.45. The first kappa shape index (κ1) is 18.3. The van der Waals surface area contributed by atoms with Crippen LogP contribution in [-0.2, 0) is 9.59 Å². The van der Waals surface area contributed by atoms with Crippen molar-refractivity contribution < 1.29 is 23.9 Å². The van der Waals surface area contributed by atoms with Crippen LogP contribution in [0.2, 0.25) is 0 Å². The second kappa shape index (κ2) is 6.93. The molecule has 4 aliphatic rings. The van der Waals surface area contributed by atoms with Crippen LogP contribution in [0.5, 0.6) is 11.5 Å². The number of amides is 4. The molecule has 8 nitrogen and oxygen atoms in total. The molecule has 1 atom stereocenters. The van der Waals surface area contributed by atoms with Gasteiger partial charge in [-0.3, -0.25) is 14.5 Å². The van der Waals surface area contributed by atoms with Gasteiger partial charge >= 0.3 is 6.03 Å². The largest absolute Gasteiger partial charge is 0.486 e. The van der Waals surface area contributed by atoms with E-state index in [0.29, 0.717) is 38.3 Å². The van der Waals surface area contributed by atoms with E-state index < -0.39 is 11.6 Å². The highest BCUT2D eigenvalue weighted by Gasteiger charge is 2.53. The summed E-state index contributed by atoms with van der Waals surface area (Å²) >= 11 is 0. The Labute approximate surface area is 169 Å². The molecule has 3 fully saturated rings. The van der Waals surface area contributed by atoms with Gasteiger partial charge in [0.2, 0.25) is 5.91 Å². The van der Waals surface area contributed by atoms with Crippen LogP contribution >= 0.6 is 0 Å². The van der Waals surface area contributed by atoms with Crippen molar-refractivity contribution in [3.8, 4) is 11.5 Å². The molecule has 2 saturated heterocycles. The number of likely N-dealkylation sites (tertiary alicyclic amines) is 1. The summed E-state index contributed by atoms with van der Waals surface area (Å²) in [5.74, 6) is 0.978. The van der Waals surface area contributed by atoms with Gasteiger partial charge in [-0.25, -0.2) is 4.79 Å². The van der Waals surface area contributed by atoms with Crippen LogP contribution in [0, 0.1) is 0 Å². The summed E-state index contributed by atoms with van der Waals surface area (Å²) in [5, 5.41) is 2.84. The minimum Gasteiger partial charge on any atom is -0.486 e. The van der Waals surface area contributed by atoms with Crippen molar-refractivity contribution in [1.82, 2.24) is 15.1 Å². The van der Waals surface area contributed by atoms with Gasteiger partial charge in [0.25, 0.3) is 5.91 Å². The molecule has 0 bridgehead atoms. The number of nitrogens with zero attached hydrogens (tertiary/aromatic N) is 2. The van der Waals surface area contributed by atoms with Crippen LogP contribution in [-0.4, -0.2) is 59.5 Å². The maximum Gasteiger partial charge on any atom is 0.325 e. The maximum absolute atomic E-state index is 13.1. The molecule has 1 saturated carbocycles. The molecule has 1 N–H and O–H groups in total. The lowest BCUT2D eigenvalue weighted by Gasteiger charge is -2.28. The fourth-order valence-electron chi connectivity index (χ4n) is 5.04. The van der Waals surface area contributed by atoms with Crippen molar-refractivity contribution in [3.63, 3.8) is 0 Å². The Morgan fingerprint density at radius 2 is 1.86 bits per heavy atom. The molecule has 0 aromatic heterocycles. The highest BCUT2D eigenvalue weighted by molar-refractivity contribution is 6.09. The third-order valence-electron chi connectivity index (χ3n) is 6.52. The van der Waals surface area contributed by atoms with Crippen LogP contribution in [0.25, 0.3) is 0 Å². The summed E-state index contributed by atoms with van der Waals surface area (Å²) in [6.07, 6.45) is 4.89. The molecule has 29 heavy (non-hydrogen) atoms. The molecule has 0 unspecified atom stereocenters. The highest BCUT2D eigenvalue weighted by Crippen LogP contribution is 2.39. The minimum absolute atomic E-state index is 0.0838. The van der Waals surface area contributed by atoms with Crippen molar-refractivity contribution >= 4 is 17.8 Å². The van der Waals surface area contributed by atoms with E-state index in [4.69, 9.17) is 9.47 Å². The zero-order valence-electron chi connectivity index (χ0n) is 16.3. The predicted molar refractivity (Wildman–Crippen MR) is 103 cm³/mol. The second-order valence-corrected chi connectivity index (χ2v) is 8.26. The zero-order chi connectivity index (χ0) is 20.0. The molecule has 1 aromatic carbocycles. The Hall–Kier alpha value is -2.77. The fraction of sp³-hybridized carbons (Fsp3) is 0.571. The Morgan fingerprint density at radius 3 is 2.66 bits per heavy atom. The van der Waals surface area contributed by atoms with Crippen LogP contribution in [0.3, 0.4) is 0 Å². The predicted octanol–water partition coefficient (Wildman–Crippen LogP) is 1.99. The molecular weight excluding hydrogens is 374 g/mol. The van der Waals surface area contributed by atoms with Gasteiger partial charge in [-0.2, -0.15) is 0 Å². The molecular formula is C21H25N3O5. The van der Waals surface area contributed by atoms with E-state index in [1.807, 2.05) is 18.2 Å². The molecule has 8 heteroatoms. The van der Waals surface area contributed by atoms with E-state index in [9.17, 15) is 14.4 Å². The number of hydrogen-bond donors (Lipinski definition) is 1. The molecule has 1 aromatic rings. The number of rotatable bonds is 3. The summed E-state index contributed by atoms with van der Waals surface area (Å²) in [6, 6.07) is 5.25. The first-order valence-corrected chi connectivity index (χ1v) is 10.4. The zero-order valence-corrected chi connectivity index (χ0v) is 16.3. The fourth-order valence-corrected chi connectivity index (χ4v) is 5.04. The van der Waals surface area contributed by atoms with E-state index >= 15 is 0 Å². The summed E-state index contributed by atoms with van der Waals surface area (Å²) in [7, 11) is 0. The van der Waals surface area contributed by atoms with Gasteiger partial charge in [0.15, 0.2) is 11.5 Å². The summed E-state index contributed by atoms with van der Waals surface area (Å²) in [4.78, 5) is 41.2. The number of fused-ring (bicyclic) bond motifs is 1. The average molecular weight is 399 g/mol. The number of carbonyl (C=O) groups excluding carboxylic acids is 3. The van der Waals surface area contributed by atoms with Crippen molar-refractivity contribution in [3.05, 3.63) is 23.8 Å². The Kier molecular flexibility index (Phi) is 4.37. The summed E-state index contributed by atoms with van der Waals surface area (Å²) in [5.41, 5.74) is 0.210. The maximum atomic E-state index is 13.1. The van der Waals surface area contributed by atoms with Crippen molar-refractivity contribution in [2.45, 2.75) is 50.1 Å². The summed E-state index contributed by atoms with van der Waals surface area (Å²) in [6.45, 7) is 1.46. The van der Waals surface area contributed by atoms with Gasteiger partial charge in [0.05, 0.1) is 6.04 Å². The SMILES string of the molecule is O=C1NC2(CCCC2)C(=O)N1CC(=O)N1CCC[C@@H]1c1ccc2c(c1)OCCO2. The standard InChI is InChI=1S/C21H25N3O5/c25-18(13-24-19(26)21(22-20(24)27)7-1-2-8-21)23-9-3-4-15(23)14-5-6-16-17(12-14)29-11-10-28-16/h5-6,12,15H,1-4,7-11,13H2,(H,22,27)/t15-/m1/s1. The van der Waals surface area contributed by atoms with Crippen LogP contribution in [0.4, 0.5) is 4.79 Å². The highest BCUT2D eigenvalue weighted by atomic mass is 16.6. The smallest absolute Gasteiger partial charge is 0.325 e. The number of hydrogen-bond acceptors (Lipinski definition) is 5. The normalized spacial score (nSPS) is 25.0. The van der Waals surface area contributed by atoms with Crippen molar-refractivity contribution in [1.29, 1.82) is 0 Å². The van der Waals surface area contributed by atoms with E-state index in [1.165, 1.54) is 0 Å². The molecule has 154 valence electrons. The van der Waals surface area contributed by atoms with Crippen molar-refractivity contribution in [2.24, 2.45) is 0 Å². The first-order chi connectivity index (χ1) is 14.1. The molecule has 4 amide bonds. The molecule has 1 spiro atoms. The molecule has 0 radical (unpaired) electrons. The van der Waals surface area contributed by atoms with Gasteiger partial charge in [-0.1, -0.05) is 18.9 Å². The number of urea groups is 1. The van der Waals surface area contributed by atoms with E-state index in [2.05, 4.69) is 5.32 Å². The number of nitrogens with one attached hydrogen (secondary N) is 1. The lowest BCUT2D eigenvalue weighted by Crippen LogP contribution is -2.46. The lowest BCUT2D eigenvalue weighted by molar-refractivity contribution is -0.139. The molecule has 3 aliphatic heterocycles. The van der Waals surface area contributed by atoms with Gasteiger partial charge in [-0.15, -0.1) is 0 Å². The van der Waals surface area contributed by atoms with Crippen LogP contribution in [0.15, 0.2) is 18.2 Å². The minimum atomic E-state index is -0.780. The van der Waals surface area contributed by atoms with Crippen molar-refractivity contribution in [2.75, 3.05) is 26.3 Å². The van der Waals surface area contributed by atoms with E-state index in [1.54, 1.807) is 4.90 Å². The van der Waals surface area contributed by atoms with Gasteiger partial charge in [-0.05, 0) is 43.4 Å². The number of benzene rings is 1. The Balaban J connectivity index is 1.32. The number of ether oxygens (including phenoxy) is 2. The van der Waals surface area contributed by atoms with Crippen LogP contribution < -0.4 is 14.8 Å². The topological polar surface area (TPSA) is 88.2 Å². The van der Waals surface area contributed by atoms with Gasteiger partial charge < -0.3 is 19.7 Å². The second-order valence-electron chi connectivity index (χ2n) is 8.26. The first-order valence-electron chi connectivity index (χ1n) is 10.4. The van der Waals surface area contributed by atoms with E-state index in [-0.39, 0.29) is 24.4 Å². The number of imide groups is 1. The molecule has 1 aliphatic carbocycles. The van der Waals surface area contributed by atoms with Gasteiger partial charge in [0.1, 0.15) is 25.3 Å². The summed E-state index contributed by atoms with van der Waals surface area (Å²) < 4.78 is 11.3. The Morgan fingerprint density at radius 1 is 1.10 bits per heavy atom. The monoisotopic (exact) mass is 399 g/mol. The number of carbonyl (C=O) groups is 3. The quantitative estimate of drug-likeness (QED) is 0.786. The molecule has 5 rings (SSSR count). The third-order valence-corrected chi connectivity index (χ3v) is 6.52. The Bertz CT molecular complexity index is 864. The van der Waals surface area contributed by atoms with Gasteiger partial charge in [0, 0.05) is 6.54 Å². The third kappa shape index (κ3) is 3.01. The van der Waals surface area contributed by atoms with E-state index in [0.717, 1.165) is 41.9 Å². The molecule has 3 heterocycles. The lowest BCUT2D eigenvalue weighted by atomic mass is 9.98. The van der Waals surface area contributed by atoms with Crippen LogP contribution in [0.1, 0.15) is 50.1 Å².